The van der Waals surface area contributed by atoms with E-state index in [9.17, 15) is 18.0 Å². The number of H-pyrrole nitrogens is 1. The maximum Gasteiger partial charge on any atom is 0.253 e. The summed E-state index contributed by atoms with van der Waals surface area (Å²) in [5.74, 6) is -0.522. The van der Waals surface area contributed by atoms with Gasteiger partial charge in [0.25, 0.3) is 5.91 Å². The number of nitrogens with one attached hydrogen (secondary N) is 2. The predicted molar refractivity (Wildman–Crippen MR) is 110 cm³/mol. The largest absolute Gasteiger partial charge is 0.361 e. The highest BCUT2D eigenvalue weighted by Gasteiger charge is 2.44. The predicted octanol–water partition coefficient (Wildman–Crippen LogP) is 0.852. The Morgan fingerprint density at radius 3 is 2.90 bits per heavy atom. The molecule has 29 heavy (non-hydrogen) atoms. The highest BCUT2D eigenvalue weighted by Crippen LogP contribution is 2.25. The molecule has 0 spiro atoms. The number of aromatic nitrogens is 1. The molecule has 2 atom stereocenters. The van der Waals surface area contributed by atoms with E-state index in [1.807, 2.05) is 42.3 Å². The first-order valence-electron chi connectivity index (χ1n) is 10.0. The number of carbonyl (C=O) groups excluding carboxylic acids is 2. The van der Waals surface area contributed by atoms with Crippen LogP contribution in [0.15, 0.2) is 30.5 Å². The maximum atomic E-state index is 12.9. The van der Waals surface area contributed by atoms with Gasteiger partial charge in [-0.15, -0.1) is 0 Å². The van der Waals surface area contributed by atoms with E-state index in [1.54, 1.807) is 0 Å². The summed E-state index contributed by atoms with van der Waals surface area (Å²) in [6.45, 7) is 2.87. The Bertz CT molecular complexity index is 1030. The topological polar surface area (TPSA) is 103 Å². The number of sulfonamides is 1. The Labute approximate surface area is 170 Å². The van der Waals surface area contributed by atoms with Crippen LogP contribution in [0.25, 0.3) is 10.9 Å². The van der Waals surface area contributed by atoms with Crippen molar-refractivity contribution < 1.29 is 18.0 Å². The third-order valence-electron chi connectivity index (χ3n) is 5.72. The average molecular weight is 419 g/mol. The molecule has 0 unspecified atom stereocenters. The smallest absolute Gasteiger partial charge is 0.253 e. The second-order valence-electron chi connectivity index (χ2n) is 7.77. The van der Waals surface area contributed by atoms with Crippen LogP contribution in [0.5, 0.6) is 0 Å². The number of hydrogen-bond donors (Lipinski definition) is 2. The minimum absolute atomic E-state index is 0.0642. The number of fused-ring (bicyclic) bond motifs is 2. The van der Waals surface area contributed by atoms with E-state index in [4.69, 9.17) is 0 Å². The van der Waals surface area contributed by atoms with Gasteiger partial charge in [-0.2, -0.15) is 0 Å². The van der Waals surface area contributed by atoms with Crippen molar-refractivity contribution in [2.45, 2.75) is 38.3 Å². The van der Waals surface area contributed by atoms with E-state index >= 15 is 0 Å². The summed E-state index contributed by atoms with van der Waals surface area (Å²) in [5.41, 5.74) is 1.93. The lowest BCUT2D eigenvalue weighted by Crippen LogP contribution is -2.44. The van der Waals surface area contributed by atoms with Gasteiger partial charge in [-0.25, -0.2) is 12.7 Å². The van der Waals surface area contributed by atoms with Crippen molar-refractivity contribution in [1.82, 2.24) is 19.5 Å². The molecule has 1 aromatic carbocycles. The van der Waals surface area contributed by atoms with E-state index in [2.05, 4.69) is 10.3 Å². The molecule has 0 bridgehead atoms. The first-order chi connectivity index (χ1) is 13.9. The van der Waals surface area contributed by atoms with Crippen LogP contribution in [0, 0.1) is 0 Å². The van der Waals surface area contributed by atoms with Crippen LogP contribution in [-0.4, -0.2) is 71.9 Å². The zero-order valence-electron chi connectivity index (χ0n) is 16.4. The summed E-state index contributed by atoms with van der Waals surface area (Å²) in [6, 6.07) is 7.19. The normalized spacial score (nSPS) is 24.4. The van der Waals surface area contributed by atoms with E-state index in [1.165, 1.54) is 0 Å². The summed E-state index contributed by atoms with van der Waals surface area (Å²) in [5, 5.41) is 4.06. The maximum absolute atomic E-state index is 12.9. The molecule has 2 aliphatic heterocycles. The van der Waals surface area contributed by atoms with Gasteiger partial charge in [0.2, 0.25) is 15.9 Å². The SMILES string of the molecule is CCCN1C(=O)[C@@H]2C[C@H](NC(=O)Cc3c[nH]c4ccccc34)CN2CCS1(=O)=O. The number of aromatic amines is 1. The van der Waals surface area contributed by atoms with Crippen molar-refractivity contribution in [3.05, 3.63) is 36.0 Å². The molecule has 2 aliphatic rings. The lowest BCUT2D eigenvalue weighted by Gasteiger charge is -2.23. The molecule has 9 heteroatoms. The fourth-order valence-electron chi connectivity index (χ4n) is 4.34. The fraction of sp³-hybridized carbons (Fsp3) is 0.500. The Morgan fingerprint density at radius 2 is 2.10 bits per heavy atom. The van der Waals surface area contributed by atoms with Crippen molar-refractivity contribution in [2.24, 2.45) is 0 Å². The molecule has 2 aromatic rings. The van der Waals surface area contributed by atoms with Gasteiger partial charge in [0.15, 0.2) is 0 Å². The van der Waals surface area contributed by atoms with E-state index in [0.29, 0.717) is 25.9 Å². The lowest BCUT2D eigenvalue weighted by atomic mass is 10.1. The van der Waals surface area contributed by atoms with Crippen LogP contribution in [0.1, 0.15) is 25.3 Å². The zero-order valence-corrected chi connectivity index (χ0v) is 17.2. The van der Waals surface area contributed by atoms with Gasteiger partial charge >= 0.3 is 0 Å². The second-order valence-corrected chi connectivity index (χ2v) is 9.79. The van der Waals surface area contributed by atoms with Crippen molar-refractivity contribution in [2.75, 3.05) is 25.4 Å². The number of nitrogens with zero attached hydrogens (tertiary/aromatic N) is 2. The van der Waals surface area contributed by atoms with Crippen molar-refractivity contribution in [1.29, 1.82) is 0 Å². The molecule has 156 valence electrons. The molecule has 2 amide bonds. The number of amides is 2. The Balaban J connectivity index is 1.42. The standard InChI is InChI=1S/C20H26N4O4S/c1-2-7-24-20(26)18-11-15(13-23(18)8-9-29(24,27)28)22-19(25)10-14-12-21-17-6-4-3-5-16(14)17/h3-6,12,15,18,21H,2,7-11,13H2,1H3,(H,22,25)/t15-,18-/m0/s1. The highest BCUT2D eigenvalue weighted by atomic mass is 32.2. The van der Waals surface area contributed by atoms with E-state index in [-0.39, 0.29) is 36.6 Å². The fourth-order valence-corrected chi connectivity index (χ4v) is 5.88. The van der Waals surface area contributed by atoms with Crippen LogP contribution < -0.4 is 5.32 Å². The van der Waals surface area contributed by atoms with Crippen LogP contribution in [0.3, 0.4) is 0 Å². The molecule has 0 aliphatic carbocycles. The minimum atomic E-state index is -3.56. The molecular formula is C20H26N4O4S. The molecule has 8 nitrogen and oxygen atoms in total. The molecule has 3 heterocycles. The van der Waals surface area contributed by atoms with Gasteiger partial charge in [-0.05, 0) is 24.5 Å². The molecule has 1 aromatic heterocycles. The van der Waals surface area contributed by atoms with Crippen molar-refractivity contribution >= 4 is 32.7 Å². The van der Waals surface area contributed by atoms with Gasteiger partial charge < -0.3 is 10.3 Å². The molecule has 2 N–H and O–H groups in total. The monoisotopic (exact) mass is 418 g/mol. The van der Waals surface area contributed by atoms with Gasteiger partial charge in [0.1, 0.15) is 0 Å². The molecule has 0 radical (unpaired) electrons. The van der Waals surface area contributed by atoms with Crippen LogP contribution in [0.2, 0.25) is 0 Å². The zero-order chi connectivity index (χ0) is 20.6. The Morgan fingerprint density at radius 1 is 1.31 bits per heavy atom. The van der Waals surface area contributed by atoms with Gasteiger partial charge in [-0.1, -0.05) is 25.1 Å². The summed E-state index contributed by atoms with van der Waals surface area (Å²) < 4.78 is 25.8. The molecule has 2 saturated heterocycles. The van der Waals surface area contributed by atoms with Crippen LogP contribution in [0.4, 0.5) is 0 Å². The van der Waals surface area contributed by atoms with Crippen LogP contribution in [-0.2, 0) is 26.0 Å². The third kappa shape index (κ3) is 3.89. The van der Waals surface area contributed by atoms with Crippen LogP contribution >= 0.6 is 0 Å². The van der Waals surface area contributed by atoms with Gasteiger partial charge in [0, 0.05) is 42.8 Å². The molecular weight excluding hydrogens is 392 g/mol. The van der Waals surface area contributed by atoms with Crippen molar-refractivity contribution in [3.63, 3.8) is 0 Å². The minimum Gasteiger partial charge on any atom is -0.361 e. The highest BCUT2D eigenvalue weighted by molar-refractivity contribution is 7.89. The lowest BCUT2D eigenvalue weighted by molar-refractivity contribution is -0.130. The number of para-hydroxylation sites is 1. The molecule has 2 fully saturated rings. The number of carbonyl (C=O) groups is 2. The van der Waals surface area contributed by atoms with E-state index in [0.717, 1.165) is 20.8 Å². The number of hydrogen-bond acceptors (Lipinski definition) is 5. The van der Waals surface area contributed by atoms with Gasteiger partial charge in [0.05, 0.1) is 18.2 Å². The Hall–Kier alpha value is -2.39. The summed E-state index contributed by atoms with van der Waals surface area (Å²) >= 11 is 0. The third-order valence-corrected chi connectivity index (χ3v) is 7.46. The van der Waals surface area contributed by atoms with Crippen molar-refractivity contribution in [3.8, 4) is 0 Å². The summed E-state index contributed by atoms with van der Waals surface area (Å²) in [6.07, 6.45) is 3.13. The molecule has 0 saturated carbocycles. The average Bonchev–Trinajstić information content (AvgIpc) is 3.26. The quantitative estimate of drug-likeness (QED) is 0.750. The summed E-state index contributed by atoms with van der Waals surface area (Å²) in [4.78, 5) is 30.5. The van der Waals surface area contributed by atoms with E-state index < -0.39 is 16.1 Å². The van der Waals surface area contributed by atoms with Gasteiger partial charge in [-0.3, -0.25) is 14.5 Å². The number of rotatable bonds is 5. The second kappa shape index (κ2) is 7.79. The Kier molecular flexibility index (Phi) is 5.35. The molecule has 4 rings (SSSR count). The summed E-state index contributed by atoms with van der Waals surface area (Å²) in [7, 11) is -3.56. The first kappa shape index (κ1) is 19.9. The number of benzene rings is 1. The first-order valence-corrected chi connectivity index (χ1v) is 11.6.